The van der Waals surface area contributed by atoms with Gasteiger partial charge in [0.2, 0.25) is 0 Å². The molecule has 0 unspecified atom stereocenters. The van der Waals surface area contributed by atoms with Crippen molar-refractivity contribution in [1.29, 1.82) is 0 Å². The van der Waals surface area contributed by atoms with Crippen LogP contribution in [0.15, 0.2) is 23.3 Å². The molecule has 15 heavy (non-hydrogen) atoms. The molecule has 0 saturated heterocycles. The van der Waals surface area contributed by atoms with Gasteiger partial charge in [-0.3, -0.25) is 0 Å². The summed E-state index contributed by atoms with van der Waals surface area (Å²) >= 11 is 0. The fraction of sp³-hybridized carbons (Fsp3) is 0.733. The van der Waals surface area contributed by atoms with Gasteiger partial charge in [0.25, 0.3) is 0 Å². The lowest BCUT2D eigenvalue weighted by molar-refractivity contribution is 0.554. The zero-order valence-electron chi connectivity index (χ0n) is 10.8. The standard InChI is InChI=1S/C15H26/c1-12(2)7-5-8-14-9-6-10-15(14)11-13(3)4/h6,9,12-13H,5,7-8,10-11H2,1-4H3. The Hall–Kier alpha value is -0.520. The van der Waals surface area contributed by atoms with Crippen LogP contribution in [0.1, 0.15) is 59.8 Å². The van der Waals surface area contributed by atoms with E-state index >= 15 is 0 Å². The molecule has 0 aromatic heterocycles. The van der Waals surface area contributed by atoms with Crippen LogP contribution in [-0.2, 0) is 0 Å². The largest absolute Gasteiger partial charge is 0.0802 e. The monoisotopic (exact) mass is 206 g/mol. The third-order valence-corrected chi connectivity index (χ3v) is 3.02. The van der Waals surface area contributed by atoms with E-state index in [1.165, 1.54) is 32.1 Å². The molecule has 1 rings (SSSR count). The van der Waals surface area contributed by atoms with E-state index in [-0.39, 0.29) is 0 Å². The molecule has 0 aromatic rings. The van der Waals surface area contributed by atoms with E-state index in [1.807, 2.05) is 0 Å². The number of rotatable bonds is 6. The summed E-state index contributed by atoms with van der Waals surface area (Å²) in [6.07, 6.45) is 11.2. The third-order valence-electron chi connectivity index (χ3n) is 3.02. The van der Waals surface area contributed by atoms with Gasteiger partial charge in [-0.2, -0.15) is 0 Å². The molecule has 0 amide bonds. The van der Waals surface area contributed by atoms with Crippen molar-refractivity contribution in [2.45, 2.75) is 59.8 Å². The van der Waals surface area contributed by atoms with Crippen LogP contribution in [0.4, 0.5) is 0 Å². The van der Waals surface area contributed by atoms with Gasteiger partial charge in [-0.1, -0.05) is 51.8 Å². The number of hydrogen-bond acceptors (Lipinski definition) is 0. The maximum atomic E-state index is 2.36. The van der Waals surface area contributed by atoms with Gasteiger partial charge in [-0.25, -0.2) is 0 Å². The molecule has 0 atom stereocenters. The van der Waals surface area contributed by atoms with Crippen LogP contribution in [0.2, 0.25) is 0 Å². The predicted molar refractivity (Wildman–Crippen MR) is 68.9 cm³/mol. The molecule has 0 fully saturated rings. The van der Waals surface area contributed by atoms with E-state index in [0.717, 1.165) is 11.8 Å². The van der Waals surface area contributed by atoms with Gasteiger partial charge in [0, 0.05) is 0 Å². The molecular formula is C15H26. The van der Waals surface area contributed by atoms with Crippen molar-refractivity contribution in [2.75, 3.05) is 0 Å². The first-order valence-electron chi connectivity index (χ1n) is 6.47. The van der Waals surface area contributed by atoms with Gasteiger partial charge >= 0.3 is 0 Å². The van der Waals surface area contributed by atoms with E-state index in [0.29, 0.717) is 0 Å². The first kappa shape index (κ1) is 12.5. The molecule has 0 aliphatic heterocycles. The van der Waals surface area contributed by atoms with E-state index in [9.17, 15) is 0 Å². The van der Waals surface area contributed by atoms with E-state index in [4.69, 9.17) is 0 Å². The molecular weight excluding hydrogens is 180 g/mol. The highest BCUT2D eigenvalue weighted by Crippen LogP contribution is 2.28. The summed E-state index contributed by atoms with van der Waals surface area (Å²) in [6, 6.07) is 0. The van der Waals surface area contributed by atoms with Gasteiger partial charge in [0.1, 0.15) is 0 Å². The van der Waals surface area contributed by atoms with Crippen LogP contribution < -0.4 is 0 Å². The summed E-state index contributed by atoms with van der Waals surface area (Å²) in [5.41, 5.74) is 3.35. The minimum Gasteiger partial charge on any atom is -0.0802 e. The SMILES string of the molecule is CC(C)CCCC1=C(CC(C)C)CC=C1. The molecule has 0 heterocycles. The van der Waals surface area contributed by atoms with Crippen molar-refractivity contribution in [3.8, 4) is 0 Å². The first-order chi connectivity index (χ1) is 7.09. The molecule has 0 bridgehead atoms. The maximum absolute atomic E-state index is 2.36. The average molecular weight is 206 g/mol. The summed E-state index contributed by atoms with van der Waals surface area (Å²) in [5.74, 6) is 1.66. The minimum absolute atomic E-state index is 0.806. The summed E-state index contributed by atoms with van der Waals surface area (Å²) in [7, 11) is 0. The van der Waals surface area contributed by atoms with Crippen molar-refractivity contribution in [2.24, 2.45) is 11.8 Å². The van der Waals surface area contributed by atoms with Gasteiger partial charge in [0.05, 0.1) is 0 Å². The van der Waals surface area contributed by atoms with Crippen LogP contribution in [0.5, 0.6) is 0 Å². The van der Waals surface area contributed by atoms with Gasteiger partial charge in [-0.15, -0.1) is 0 Å². The van der Waals surface area contributed by atoms with Crippen molar-refractivity contribution in [1.82, 2.24) is 0 Å². The Morgan fingerprint density at radius 3 is 2.47 bits per heavy atom. The summed E-state index contributed by atoms with van der Waals surface area (Å²) in [6.45, 7) is 9.26. The zero-order chi connectivity index (χ0) is 11.3. The van der Waals surface area contributed by atoms with Crippen molar-refractivity contribution in [3.05, 3.63) is 23.3 Å². The minimum atomic E-state index is 0.806. The number of allylic oxidation sites excluding steroid dienone is 4. The van der Waals surface area contributed by atoms with E-state index in [1.54, 1.807) is 11.1 Å². The van der Waals surface area contributed by atoms with Crippen molar-refractivity contribution in [3.63, 3.8) is 0 Å². The summed E-state index contributed by atoms with van der Waals surface area (Å²) in [5, 5.41) is 0. The Morgan fingerprint density at radius 1 is 1.13 bits per heavy atom. The fourth-order valence-corrected chi connectivity index (χ4v) is 2.26. The smallest absolute Gasteiger partial charge is 0.0130 e. The molecule has 0 radical (unpaired) electrons. The molecule has 1 aliphatic carbocycles. The van der Waals surface area contributed by atoms with Crippen molar-refractivity contribution >= 4 is 0 Å². The molecule has 0 N–H and O–H groups in total. The topological polar surface area (TPSA) is 0 Å². The highest BCUT2D eigenvalue weighted by Gasteiger charge is 2.10. The maximum Gasteiger partial charge on any atom is -0.0130 e. The molecule has 0 spiro atoms. The normalized spacial score (nSPS) is 16.1. The Morgan fingerprint density at radius 2 is 1.87 bits per heavy atom. The Balaban J connectivity index is 2.39. The van der Waals surface area contributed by atoms with E-state index < -0.39 is 0 Å². The van der Waals surface area contributed by atoms with Crippen LogP contribution >= 0.6 is 0 Å². The van der Waals surface area contributed by atoms with E-state index in [2.05, 4.69) is 39.8 Å². The van der Waals surface area contributed by atoms with Gasteiger partial charge < -0.3 is 0 Å². The van der Waals surface area contributed by atoms with Gasteiger partial charge in [-0.05, 0) is 43.1 Å². The Labute approximate surface area is 95.5 Å². The Bertz CT molecular complexity index is 241. The quantitative estimate of drug-likeness (QED) is 0.566. The Kier molecular flexibility index (Phi) is 5.14. The highest BCUT2D eigenvalue weighted by atomic mass is 14.2. The molecule has 0 aromatic carbocycles. The van der Waals surface area contributed by atoms with Crippen LogP contribution in [0.25, 0.3) is 0 Å². The molecule has 0 nitrogen and oxygen atoms in total. The van der Waals surface area contributed by atoms with Crippen molar-refractivity contribution < 1.29 is 0 Å². The van der Waals surface area contributed by atoms with Crippen LogP contribution in [0, 0.1) is 11.8 Å². The lowest BCUT2D eigenvalue weighted by Crippen LogP contribution is -1.94. The lowest BCUT2D eigenvalue weighted by atomic mass is 9.95. The zero-order valence-corrected chi connectivity index (χ0v) is 10.8. The fourth-order valence-electron chi connectivity index (χ4n) is 2.26. The lowest BCUT2D eigenvalue weighted by Gasteiger charge is -2.10. The van der Waals surface area contributed by atoms with Crippen LogP contribution in [-0.4, -0.2) is 0 Å². The highest BCUT2D eigenvalue weighted by molar-refractivity contribution is 5.33. The van der Waals surface area contributed by atoms with Gasteiger partial charge in [0.15, 0.2) is 0 Å². The molecule has 1 aliphatic rings. The predicted octanol–water partition coefficient (Wildman–Crippen LogP) is 5.12. The second-order valence-electron chi connectivity index (χ2n) is 5.62. The van der Waals surface area contributed by atoms with Crippen LogP contribution in [0.3, 0.4) is 0 Å². The first-order valence-corrected chi connectivity index (χ1v) is 6.47. The summed E-state index contributed by atoms with van der Waals surface area (Å²) in [4.78, 5) is 0. The third kappa shape index (κ3) is 4.68. The second-order valence-corrected chi connectivity index (χ2v) is 5.62. The molecule has 86 valence electrons. The molecule has 0 heteroatoms. The number of hydrogen-bond donors (Lipinski definition) is 0. The second kappa shape index (κ2) is 6.15. The summed E-state index contributed by atoms with van der Waals surface area (Å²) < 4.78 is 0. The molecule has 0 saturated carbocycles. The average Bonchev–Trinajstić information content (AvgIpc) is 2.51.